The molecule has 2 aromatic rings. The Morgan fingerprint density at radius 2 is 1.88 bits per heavy atom. The summed E-state index contributed by atoms with van der Waals surface area (Å²) in [6.07, 6.45) is 3.91. The maximum Gasteiger partial charge on any atom is 0.331 e. The Kier molecular flexibility index (Phi) is 6.12. The van der Waals surface area contributed by atoms with Crippen LogP contribution in [-0.4, -0.2) is 30.3 Å². The lowest BCUT2D eigenvalue weighted by Crippen LogP contribution is -2.35. The summed E-state index contributed by atoms with van der Waals surface area (Å²) in [6.45, 7) is 2.52. The van der Waals surface area contributed by atoms with Crippen molar-refractivity contribution >= 4 is 35.4 Å². The highest BCUT2D eigenvalue weighted by atomic mass is 32.2. The molecule has 4 nitrogen and oxygen atoms in total. The van der Waals surface area contributed by atoms with E-state index in [-0.39, 0.29) is 12.5 Å². The van der Waals surface area contributed by atoms with Crippen LogP contribution < -0.4 is 4.90 Å². The Morgan fingerprint density at radius 1 is 1.15 bits per heavy atom. The van der Waals surface area contributed by atoms with Crippen molar-refractivity contribution in [2.24, 2.45) is 0 Å². The van der Waals surface area contributed by atoms with Crippen molar-refractivity contribution in [2.75, 3.05) is 18.1 Å². The van der Waals surface area contributed by atoms with E-state index in [1.165, 1.54) is 6.08 Å². The van der Waals surface area contributed by atoms with E-state index in [0.29, 0.717) is 11.8 Å². The maximum atomic E-state index is 12.6. The molecule has 0 bridgehead atoms. The van der Waals surface area contributed by atoms with Crippen molar-refractivity contribution in [3.8, 4) is 0 Å². The van der Waals surface area contributed by atoms with Gasteiger partial charge in [0.05, 0.1) is 5.69 Å². The van der Waals surface area contributed by atoms with Crippen molar-refractivity contribution in [2.45, 2.75) is 23.5 Å². The number of amides is 1. The van der Waals surface area contributed by atoms with Gasteiger partial charge in [-0.1, -0.05) is 49.4 Å². The number of anilines is 1. The summed E-state index contributed by atoms with van der Waals surface area (Å²) < 4.78 is 5.14. The van der Waals surface area contributed by atoms with Crippen molar-refractivity contribution in [1.82, 2.24) is 0 Å². The molecule has 1 aliphatic heterocycles. The lowest BCUT2D eigenvalue weighted by atomic mass is 10.2. The van der Waals surface area contributed by atoms with Crippen LogP contribution in [0, 0.1) is 0 Å². The third-order valence-corrected chi connectivity index (χ3v) is 5.33. The van der Waals surface area contributed by atoms with Crippen LogP contribution in [-0.2, 0) is 14.3 Å². The van der Waals surface area contributed by atoms with Crippen molar-refractivity contribution in [3.63, 3.8) is 0 Å². The molecule has 1 aliphatic rings. The fraction of sp³-hybridized carbons (Fsp3) is 0.238. The first kappa shape index (κ1) is 18.3. The number of hydrogen-bond donors (Lipinski definition) is 0. The summed E-state index contributed by atoms with van der Waals surface area (Å²) in [5.74, 6) is -0.721. The number of fused-ring (bicyclic) bond motifs is 1. The highest BCUT2D eigenvalue weighted by Crippen LogP contribution is 2.37. The zero-order valence-electron chi connectivity index (χ0n) is 14.6. The van der Waals surface area contributed by atoms with E-state index in [1.54, 1.807) is 22.7 Å². The van der Waals surface area contributed by atoms with Gasteiger partial charge in [-0.15, -0.1) is 11.8 Å². The van der Waals surface area contributed by atoms with Crippen LogP contribution in [0.25, 0.3) is 6.08 Å². The molecule has 26 heavy (non-hydrogen) atoms. The molecule has 0 spiro atoms. The van der Waals surface area contributed by atoms with Gasteiger partial charge in [-0.25, -0.2) is 4.79 Å². The first-order valence-corrected chi connectivity index (χ1v) is 9.47. The molecule has 0 saturated carbocycles. The first-order chi connectivity index (χ1) is 12.6. The molecule has 0 N–H and O–H groups in total. The molecule has 0 radical (unpaired) electrons. The maximum absolute atomic E-state index is 12.6. The SMILES string of the molecule is C[C@H]1CCN(C(=O)COC(=O)/C=C/c2ccccc2)c2ccccc2S1. The van der Waals surface area contributed by atoms with E-state index < -0.39 is 5.97 Å². The minimum absolute atomic E-state index is 0.200. The summed E-state index contributed by atoms with van der Waals surface area (Å²) in [5.41, 5.74) is 1.80. The molecule has 134 valence electrons. The third kappa shape index (κ3) is 4.76. The standard InChI is InChI=1S/C21H21NO3S/c1-16-13-14-22(18-9-5-6-10-19(18)26-16)20(23)15-25-21(24)12-11-17-7-3-2-4-8-17/h2-12,16H,13-15H2,1H3/b12-11+/t16-/m0/s1. The smallest absolute Gasteiger partial charge is 0.331 e. The minimum atomic E-state index is -0.520. The summed E-state index contributed by atoms with van der Waals surface area (Å²) in [7, 11) is 0. The van der Waals surface area contributed by atoms with Crippen LogP contribution in [0.2, 0.25) is 0 Å². The highest BCUT2D eigenvalue weighted by molar-refractivity contribution is 8.00. The van der Waals surface area contributed by atoms with Gasteiger partial charge in [0.1, 0.15) is 0 Å². The van der Waals surface area contributed by atoms with Gasteiger partial charge < -0.3 is 9.64 Å². The Hall–Kier alpha value is -2.53. The summed E-state index contributed by atoms with van der Waals surface area (Å²) >= 11 is 1.77. The summed E-state index contributed by atoms with van der Waals surface area (Å²) in [6, 6.07) is 17.3. The van der Waals surface area contributed by atoms with Gasteiger partial charge in [0.25, 0.3) is 5.91 Å². The lowest BCUT2D eigenvalue weighted by Gasteiger charge is -2.22. The largest absolute Gasteiger partial charge is 0.452 e. The second kappa shape index (κ2) is 8.72. The molecule has 2 aromatic carbocycles. The van der Waals surface area contributed by atoms with E-state index in [9.17, 15) is 9.59 Å². The molecule has 3 rings (SSSR count). The van der Waals surface area contributed by atoms with Gasteiger partial charge in [0.2, 0.25) is 0 Å². The predicted octanol–water partition coefficient (Wildman–Crippen LogP) is 4.16. The van der Waals surface area contributed by atoms with E-state index in [2.05, 4.69) is 6.92 Å². The molecule has 1 heterocycles. The zero-order chi connectivity index (χ0) is 18.4. The minimum Gasteiger partial charge on any atom is -0.452 e. The summed E-state index contributed by atoms with van der Waals surface area (Å²) in [5, 5.41) is 0.435. The average Bonchev–Trinajstić information content (AvgIpc) is 2.83. The van der Waals surface area contributed by atoms with Gasteiger partial charge >= 0.3 is 5.97 Å². The Bertz CT molecular complexity index is 804. The molecular weight excluding hydrogens is 346 g/mol. The molecular formula is C21H21NO3S. The van der Waals surface area contributed by atoms with Crippen LogP contribution in [0.15, 0.2) is 65.6 Å². The molecule has 0 fully saturated rings. The number of ether oxygens (including phenoxy) is 1. The van der Waals surface area contributed by atoms with E-state index in [0.717, 1.165) is 22.6 Å². The average molecular weight is 367 g/mol. The molecule has 1 amide bonds. The molecule has 0 saturated heterocycles. The van der Waals surface area contributed by atoms with Crippen molar-refractivity contribution < 1.29 is 14.3 Å². The molecule has 5 heteroatoms. The quantitative estimate of drug-likeness (QED) is 0.601. The molecule has 1 atom stereocenters. The Morgan fingerprint density at radius 3 is 2.69 bits per heavy atom. The van der Waals surface area contributed by atoms with E-state index in [4.69, 9.17) is 4.74 Å². The molecule has 0 aromatic heterocycles. The Labute approximate surface area is 157 Å². The van der Waals surface area contributed by atoms with Crippen LogP contribution in [0.5, 0.6) is 0 Å². The van der Waals surface area contributed by atoms with Crippen LogP contribution >= 0.6 is 11.8 Å². The van der Waals surface area contributed by atoms with Gasteiger partial charge in [0, 0.05) is 22.8 Å². The molecule has 0 unspecified atom stereocenters. The second-order valence-corrected chi connectivity index (χ2v) is 7.56. The van der Waals surface area contributed by atoms with Gasteiger partial charge in [-0.05, 0) is 30.2 Å². The fourth-order valence-corrected chi connectivity index (χ4v) is 3.85. The van der Waals surface area contributed by atoms with Crippen LogP contribution in [0.3, 0.4) is 0 Å². The number of para-hydroxylation sites is 1. The van der Waals surface area contributed by atoms with E-state index in [1.807, 2.05) is 54.6 Å². The second-order valence-electron chi connectivity index (χ2n) is 6.08. The van der Waals surface area contributed by atoms with Crippen LogP contribution in [0.4, 0.5) is 5.69 Å². The number of hydrogen-bond acceptors (Lipinski definition) is 4. The highest BCUT2D eigenvalue weighted by Gasteiger charge is 2.24. The number of rotatable bonds is 4. The van der Waals surface area contributed by atoms with Gasteiger partial charge in [0.15, 0.2) is 6.61 Å². The predicted molar refractivity (Wildman–Crippen MR) is 105 cm³/mol. The number of esters is 1. The first-order valence-electron chi connectivity index (χ1n) is 8.59. The van der Waals surface area contributed by atoms with Crippen molar-refractivity contribution in [1.29, 1.82) is 0 Å². The number of thioether (sulfide) groups is 1. The van der Waals surface area contributed by atoms with E-state index >= 15 is 0 Å². The van der Waals surface area contributed by atoms with Gasteiger partial charge in [-0.2, -0.15) is 0 Å². The number of carbonyl (C=O) groups excluding carboxylic acids is 2. The number of carbonyl (C=O) groups is 2. The molecule has 0 aliphatic carbocycles. The third-order valence-electron chi connectivity index (χ3n) is 4.09. The lowest BCUT2D eigenvalue weighted by molar-refractivity contribution is -0.142. The summed E-state index contributed by atoms with van der Waals surface area (Å²) in [4.78, 5) is 27.3. The number of benzene rings is 2. The normalized spacial score (nSPS) is 16.8. The fourth-order valence-electron chi connectivity index (χ4n) is 2.73. The zero-order valence-corrected chi connectivity index (χ0v) is 15.4. The Balaban J connectivity index is 1.61. The van der Waals surface area contributed by atoms with Crippen molar-refractivity contribution in [3.05, 3.63) is 66.2 Å². The van der Waals surface area contributed by atoms with Gasteiger partial charge in [-0.3, -0.25) is 4.79 Å². The van der Waals surface area contributed by atoms with Crippen LogP contribution in [0.1, 0.15) is 18.9 Å². The number of nitrogens with zero attached hydrogens (tertiary/aromatic N) is 1. The topological polar surface area (TPSA) is 46.6 Å². The monoisotopic (exact) mass is 367 g/mol.